The molecule has 1 saturated carbocycles. The van der Waals surface area contributed by atoms with Crippen LogP contribution in [0, 0.1) is 0 Å². The van der Waals surface area contributed by atoms with E-state index >= 15 is 0 Å². The molecule has 1 aromatic rings. The Kier molecular flexibility index (Phi) is 3.91. The lowest BCUT2D eigenvalue weighted by atomic mass is 9.86. The average Bonchev–Trinajstić information content (AvgIpc) is 2.31. The summed E-state index contributed by atoms with van der Waals surface area (Å²) in [5, 5.41) is 0. The van der Waals surface area contributed by atoms with E-state index in [0.717, 1.165) is 22.4 Å². The fraction of sp³-hybridized carbons (Fsp3) is 0.500. The maximum atomic E-state index is 5.85. The smallest absolute Gasteiger partial charge is 0.134 e. The molecule has 2 rings (SSSR count). The zero-order chi connectivity index (χ0) is 12.4. The molecule has 3 unspecified atom stereocenters. The number of rotatable bonds is 4. The van der Waals surface area contributed by atoms with Gasteiger partial charge in [-0.1, -0.05) is 0 Å². The van der Waals surface area contributed by atoms with Gasteiger partial charge in [-0.25, -0.2) is 0 Å². The number of hydrogen-bond acceptors (Lipinski definition) is 4. The number of ether oxygens (including phenoxy) is 3. The number of halogens is 1. The number of hydrogen-bond donors (Lipinski definition) is 1. The molecule has 5 heteroatoms. The van der Waals surface area contributed by atoms with Crippen LogP contribution in [-0.2, 0) is 4.74 Å². The van der Waals surface area contributed by atoms with Crippen LogP contribution in [0.2, 0.25) is 0 Å². The molecule has 2 N–H and O–H groups in total. The fourth-order valence-corrected chi connectivity index (χ4v) is 2.38. The molecule has 17 heavy (non-hydrogen) atoms. The Morgan fingerprint density at radius 1 is 1.35 bits per heavy atom. The van der Waals surface area contributed by atoms with Crippen LogP contribution in [0.15, 0.2) is 22.7 Å². The summed E-state index contributed by atoms with van der Waals surface area (Å²) >= 11 is 3.45. The van der Waals surface area contributed by atoms with Crippen molar-refractivity contribution in [2.45, 2.75) is 24.7 Å². The van der Waals surface area contributed by atoms with Crippen molar-refractivity contribution < 1.29 is 14.2 Å². The predicted molar refractivity (Wildman–Crippen MR) is 68.5 cm³/mol. The minimum atomic E-state index is -0.0241. The Morgan fingerprint density at radius 3 is 2.65 bits per heavy atom. The minimum absolute atomic E-state index is 0.0241. The SMILES string of the molecule is COc1ccc(OC2CC(N)C2OC)c(Br)c1. The van der Waals surface area contributed by atoms with Gasteiger partial charge in [0.2, 0.25) is 0 Å². The van der Waals surface area contributed by atoms with Gasteiger partial charge in [-0.2, -0.15) is 0 Å². The topological polar surface area (TPSA) is 53.7 Å². The van der Waals surface area contributed by atoms with E-state index in [1.807, 2.05) is 18.2 Å². The summed E-state index contributed by atoms with van der Waals surface area (Å²) in [6.07, 6.45) is 0.820. The summed E-state index contributed by atoms with van der Waals surface area (Å²) in [6, 6.07) is 5.68. The van der Waals surface area contributed by atoms with E-state index in [4.69, 9.17) is 19.9 Å². The number of nitrogens with two attached hydrogens (primary N) is 1. The summed E-state index contributed by atoms with van der Waals surface area (Å²) in [5.41, 5.74) is 5.82. The van der Waals surface area contributed by atoms with Crippen LogP contribution in [0.5, 0.6) is 11.5 Å². The molecule has 1 aromatic carbocycles. The third kappa shape index (κ3) is 2.56. The van der Waals surface area contributed by atoms with Crippen LogP contribution in [0.3, 0.4) is 0 Å². The normalized spacial score (nSPS) is 27.4. The first-order valence-electron chi connectivity index (χ1n) is 5.44. The van der Waals surface area contributed by atoms with E-state index in [1.165, 1.54) is 0 Å². The van der Waals surface area contributed by atoms with Crippen LogP contribution >= 0.6 is 15.9 Å². The molecule has 0 aromatic heterocycles. The van der Waals surface area contributed by atoms with Crippen molar-refractivity contribution >= 4 is 15.9 Å². The van der Waals surface area contributed by atoms with Crippen molar-refractivity contribution in [2.24, 2.45) is 5.73 Å². The first kappa shape index (κ1) is 12.7. The van der Waals surface area contributed by atoms with E-state index in [0.29, 0.717) is 0 Å². The van der Waals surface area contributed by atoms with E-state index in [1.54, 1.807) is 14.2 Å². The molecule has 0 heterocycles. The molecular formula is C12H16BrNO3. The molecule has 1 aliphatic rings. The van der Waals surface area contributed by atoms with E-state index in [2.05, 4.69) is 15.9 Å². The average molecular weight is 302 g/mol. The van der Waals surface area contributed by atoms with Gasteiger partial charge in [-0.15, -0.1) is 0 Å². The first-order chi connectivity index (χ1) is 8.15. The summed E-state index contributed by atoms with van der Waals surface area (Å²) in [7, 11) is 3.29. The molecule has 0 saturated heterocycles. The van der Waals surface area contributed by atoms with Crippen molar-refractivity contribution in [1.29, 1.82) is 0 Å². The molecule has 1 fully saturated rings. The molecule has 0 amide bonds. The predicted octanol–water partition coefficient (Wildman–Crippen LogP) is 1.95. The number of methoxy groups -OCH3 is 2. The van der Waals surface area contributed by atoms with Crippen LogP contribution in [0.25, 0.3) is 0 Å². The second kappa shape index (κ2) is 5.25. The zero-order valence-corrected chi connectivity index (χ0v) is 11.4. The molecule has 0 spiro atoms. The summed E-state index contributed by atoms with van der Waals surface area (Å²) in [6.45, 7) is 0. The van der Waals surface area contributed by atoms with Gasteiger partial charge < -0.3 is 19.9 Å². The van der Waals surface area contributed by atoms with Crippen molar-refractivity contribution in [3.8, 4) is 11.5 Å². The Bertz CT molecular complexity index is 399. The Morgan fingerprint density at radius 2 is 2.12 bits per heavy atom. The van der Waals surface area contributed by atoms with Crippen LogP contribution in [0.4, 0.5) is 0 Å². The summed E-state index contributed by atoms with van der Waals surface area (Å²) < 4.78 is 17.1. The van der Waals surface area contributed by atoms with Gasteiger partial charge in [0, 0.05) is 19.6 Å². The van der Waals surface area contributed by atoms with Crippen LogP contribution in [-0.4, -0.2) is 32.5 Å². The third-order valence-electron chi connectivity index (χ3n) is 2.98. The van der Waals surface area contributed by atoms with Crippen LogP contribution in [0.1, 0.15) is 6.42 Å². The highest BCUT2D eigenvalue weighted by molar-refractivity contribution is 9.10. The molecule has 94 valence electrons. The van der Waals surface area contributed by atoms with E-state index in [9.17, 15) is 0 Å². The highest BCUT2D eigenvalue weighted by Crippen LogP contribution is 2.33. The lowest BCUT2D eigenvalue weighted by Gasteiger charge is -2.41. The standard InChI is InChI=1S/C12H16BrNO3/c1-15-7-3-4-10(8(13)5-7)17-11-6-9(14)12(11)16-2/h3-5,9,11-12H,6,14H2,1-2H3. The Hall–Kier alpha value is -0.780. The Balaban J connectivity index is 2.04. The second-order valence-corrected chi connectivity index (χ2v) is 4.91. The van der Waals surface area contributed by atoms with Crippen molar-refractivity contribution in [3.63, 3.8) is 0 Å². The van der Waals surface area contributed by atoms with Crippen molar-refractivity contribution in [1.82, 2.24) is 0 Å². The van der Waals surface area contributed by atoms with E-state index in [-0.39, 0.29) is 18.2 Å². The monoisotopic (exact) mass is 301 g/mol. The molecular weight excluding hydrogens is 286 g/mol. The molecule has 4 nitrogen and oxygen atoms in total. The van der Waals surface area contributed by atoms with Gasteiger partial charge in [0.25, 0.3) is 0 Å². The van der Waals surface area contributed by atoms with Crippen molar-refractivity contribution in [3.05, 3.63) is 22.7 Å². The Labute approximate surface area is 109 Å². The molecule has 1 aliphatic carbocycles. The number of benzene rings is 1. The van der Waals surface area contributed by atoms with Gasteiger partial charge in [-0.3, -0.25) is 0 Å². The maximum Gasteiger partial charge on any atom is 0.134 e. The highest BCUT2D eigenvalue weighted by atomic mass is 79.9. The lowest BCUT2D eigenvalue weighted by molar-refractivity contribution is -0.0784. The van der Waals surface area contributed by atoms with E-state index < -0.39 is 0 Å². The minimum Gasteiger partial charge on any atom is -0.497 e. The summed E-state index contributed by atoms with van der Waals surface area (Å²) in [4.78, 5) is 0. The fourth-order valence-electron chi connectivity index (χ4n) is 1.93. The van der Waals surface area contributed by atoms with Gasteiger partial charge >= 0.3 is 0 Å². The van der Waals surface area contributed by atoms with Gasteiger partial charge in [0.15, 0.2) is 0 Å². The molecule has 0 radical (unpaired) electrons. The quantitative estimate of drug-likeness (QED) is 0.923. The first-order valence-corrected chi connectivity index (χ1v) is 6.23. The summed E-state index contributed by atoms with van der Waals surface area (Å²) in [5.74, 6) is 1.57. The lowest BCUT2D eigenvalue weighted by Crippen LogP contribution is -2.59. The highest BCUT2D eigenvalue weighted by Gasteiger charge is 2.41. The van der Waals surface area contributed by atoms with Gasteiger partial charge in [0.1, 0.15) is 23.7 Å². The largest absolute Gasteiger partial charge is 0.497 e. The van der Waals surface area contributed by atoms with Crippen molar-refractivity contribution in [2.75, 3.05) is 14.2 Å². The zero-order valence-electron chi connectivity index (χ0n) is 9.85. The second-order valence-electron chi connectivity index (χ2n) is 4.05. The molecule has 0 aliphatic heterocycles. The molecule has 3 atom stereocenters. The van der Waals surface area contributed by atoms with Gasteiger partial charge in [0.05, 0.1) is 11.6 Å². The maximum absolute atomic E-state index is 5.85. The van der Waals surface area contributed by atoms with Gasteiger partial charge in [-0.05, 0) is 34.1 Å². The third-order valence-corrected chi connectivity index (χ3v) is 3.60. The molecule has 0 bridgehead atoms. The van der Waals surface area contributed by atoms with Crippen LogP contribution < -0.4 is 15.2 Å².